The quantitative estimate of drug-likeness (QED) is 0.418. The average Bonchev–Trinajstić information content (AvgIpc) is 2.74. The second kappa shape index (κ2) is 11.0. The highest BCUT2D eigenvalue weighted by Gasteiger charge is 2.50. The van der Waals surface area contributed by atoms with Crippen molar-refractivity contribution in [3.05, 3.63) is 103 Å². The topological polar surface area (TPSA) is 116 Å². The van der Waals surface area contributed by atoms with Crippen molar-refractivity contribution in [3.63, 3.8) is 0 Å². The summed E-state index contributed by atoms with van der Waals surface area (Å²) in [5.74, 6) is 0. The number of hydrogen-bond acceptors (Lipinski definition) is 6. The second-order valence-corrected chi connectivity index (χ2v) is 10.8. The van der Waals surface area contributed by atoms with Crippen LogP contribution < -0.4 is 29.9 Å². The highest BCUT2D eigenvalue weighted by atomic mass is 35.7. The maximum atomic E-state index is 10.2. The van der Waals surface area contributed by atoms with E-state index in [-0.39, 0.29) is 0 Å². The third-order valence-electron chi connectivity index (χ3n) is 4.29. The highest BCUT2D eigenvalue weighted by molar-refractivity contribution is 7.99. The number of hydrogen-bond donors (Lipinski definition) is 1. The first-order valence-electron chi connectivity index (χ1n) is 9.17. The lowest BCUT2D eigenvalue weighted by atomic mass is 10.4. The highest BCUT2D eigenvalue weighted by Crippen LogP contribution is 2.62. The van der Waals surface area contributed by atoms with Gasteiger partial charge in [-0.15, -0.1) is 0 Å². The van der Waals surface area contributed by atoms with Crippen molar-refractivity contribution in [2.45, 2.75) is 0 Å². The summed E-state index contributed by atoms with van der Waals surface area (Å²) in [6.07, 6.45) is 1.97. The van der Waals surface area contributed by atoms with E-state index in [1.54, 1.807) is 0 Å². The van der Waals surface area contributed by atoms with Crippen LogP contribution in [0.3, 0.4) is 0 Å². The van der Waals surface area contributed by atoms with Crippen molar-refractivity contribution in [2.75, 3.05) is 14.1 Å². The predicted octanol–water partition coefficient (Wildman–Crippen LogP) is -0.217. The van der Waals surface area contributed by atoms with Crippen LogP contribution in [0.5, 0.6) is 0 Å². The normalized spacial score (nSPS) is 11.7. The molecule has 0 aliphatic rings. The van der Waals surface area contributed by atoms with Crippen LogP contribution in [0.15, 0.2) is 103 Å². The second-order valence-electron chi connectivity index (χ2n) is 6.66. The zero-order valence-electron chi connectivity index (χ0n) is 17.1. The third-order valence-corrected chi connectivity index (χ3v) is 8.44. The van der Waals surface area contributed by atoms with Gasteiger partial charge < -0.3 is 4.90 Å². The molecule has 0 heterocycles. The Hall–Kier alpha value is -2.75. The summed E-state index contributed by atoms with van der Waals surface area (Å²) in [5.41, 5.74) is 0. The van der Waals surface area contributed by atoms with E-state index in [4.69, 9.17) is 18.6 Å². The van der Waals surface area contributed by atoms with E-state index in [1.807, 2.05) is 43.4 Å². The van der Waals surface area contributed by atoms with Crippen LogP contribution in [-0.4, -0.2) is 23.7 Å². The minimum absolute atomic E-state index is 0.797. The Bertz CT molecular complexity index is 916. The molecule has 6 nitrogen and oxygen atoms in total. The number of nitriles is 1. The summed E-state index contributed by atoms with van der Waals surface area (Å²) in [4.78, 5) is 1.96. The zero-order valence-corrected chi connectivity index (χ0v) is 18.8. The van der Waals surface area contributed by atoms with E-state index in [1.165, 1.54) is 15.9 Å². The molecule has 0 unspecified atom stereocenters. The lowest BCUT2D eigenvalue weighted by Crippen LogP contribution is -2.58. The Morgan fingerprint density at radius 3 is 1.32 bits per heavy atom. The van der Waals surface area contributed by atoms with Crippen molar-refractivity contribution in [3.8, 4) is 6.07 Å². The van der Waals surface area contributed by atoms with Gasteiger partial charge in [0, 0.05) is 14.1 Å². The van der Waals surface area contributed by atoms with Crippen molar-refractivity contribution in [1.82, 2.24) is 4.90 Å². The third kappa shape index (κ3) is 6.61. The maximum Gasteiger partial charge on any atom is 0.201 e. The lowest BCUT2D eigenvalue weighted by Gasteiger charge is -2.27. The van der Waals surface area contributed by atoms with E-state index in [0.717, 1.165) is 5.31 Å². The van der Waals surface area contributed by atoms with Gasteiger partial charge in [-0.05, 0) is 36.4 Å². The van der Waals surface area contributed by atoms with Crippen LogP contribution in [0.25, 0.3) is 0 Å². The minimum Gasteiger partial charge on any atom is -0.380 e. The first kappa shape index (κ1) is 24.5. The summed E-state index contributed by atoms with van der Waals surface area (Å²) < 4.78 is 32.7. The molecule has 0 saturated heterocycles. The summed E-state index contributed by atoms with van der Waals surface area (Å²) in [5, 5.41) is 14.5. The Balaban J connectivity index is 0.000000614. The minimum atomic E-state index is -4.69. The molecule has 0 aliphatic heterocycles. The molecule has 0 amide bonds. The van der Waals surface area contributed by atoms with E-state index in [2.05, 4.69) is 78.9 Å². The molecule has 1 N–H and O–H groups in total. The lowest BCUT2D eigenvalue weighted by molar-refractivity contribution is -1.92. The fourth-order valence-electron chi connectivity index (χ4n) is 3.25. The monoisotopic (exact) mass is 457 g/mol. The summed E-state index contributed by atoms with van der Waals surface area (Å²) in [7, 11) is -3.02. The fourth-order valence-corrected chi connectivity index (χ4v) is 7.40. The van der Waals surface area contributed by atoms with E-state index in [0.29, 0.717) is 0 Å². The molecule has 3 rings (SSSR count). The Labute approximate surface area is 185 Å². The SMILES string of the molecule is CN(C)/C=C(\C#N)[P+](c1ccccc1)(c1ccccc1)c1ccccc1.[O-][Cl+3]([O-])([O-])O. The molecule has 3 aromatic rings. The van der Waals surface area contributed by atoms with Crippen molar-refractivity contribution in [2.24, 2.45) is 0 Å². The number of allylic oxidation sites excluding steroid dienone is 1. The number of nitrogens with zero attached hydrogens (tertiary/aromatic N) is 2. The van der Waals surface area contributed by atoms with Gasteiger partial charge in [-0.1, -0.05) is 54.6 Å². The van der Waals surface area contributed by atoms with Gasteiger partial charge in [-0.2, -0.15) is 19.2 Å². The van der Waals surface area contributed by atoms with Gasteiger partial charge in [0.25, 0.3) is 0 Å². The van der Waals surface area contributed by atoms with Crippen LogP contribution in [-0.2, 0) is 0 Å². The van der Waals surface area contributed by atoms with Crippen LogP contribution in [0, 0.1) is 21.6 Å². The molecule has 0 bridgehead atoms. The van der Waals surface area contributed by atoms with E-state index >= 15 is 0 Å². The van der Waals surface area contributed by atoms with Crippen LogP contribution in [0.4, 0.5) is 0 Å². The Morgan fingerprint density at radius 2 is 1.10 bits per heavy atom. The van der Waals surface area contributed by atoms with Gasteiger partial charge in [0.05, 0.1) is 21.1 Å². The molecular weight excluding hydrogens is 435 g/mol. The summed E-state index contributed by atoms with van der Waals surface area (Å²) in [6.45, 7) is 0. The Kier molecular flexibility index (Phi) is 8.73. The van der Waals surface area contributed by atoms with E-state index < -0.39 is 17.5 Å². The van der Waals surface area contributed by atoms with Crippen LogP contribution in [0.1, 0.15) is 0 Å². The number of rotatable bonds is 5. The van der Waals surface area contributed by atoms with Crippen LogP contribution >= 0.6 is 7.26 Å². The summed E-state index contributed by atoms with van der Waals surface area (Å²) >= 11 is 0. The van der Waals surface area contributed by atoms with Gasteiger partial charge in [-0.3, -0.25) is 0 Å². The molecule has 160 valence electrons. The molecule has 0 spiro atoms. The van der Waals surface area contributed by atoms with Gasteiger partial charge in [-0.25, -0.2) is 0 Å². The molecule has 0 radical (unpaired) electrons. The van der Waals surface area contributed by atoms with Gasteiger partial charge >= 0.3 is 0 Å². The standard InChI is InChI=1S/C23H22N2P.ClHO4/c1-25(2)19-23(18-24)26(20-12-6-3-7-13-20,21-14-8-4-9-15-21)22-16-10-5-11-17-22;2-1(3,4)5/h3-17,19H,1-2H3;(H,2,3,4,5)/q+1;/b23-19+;. The number of halogens is 1. The molecule has 0 saturated carbocycles. The van der Waals surface area contributed by atoms with Gasteiger partial charge in [0.15, 0.2) is 7.26 Å². The molecule has 0 aromatic heterocycles. The maximum absolute atomic E-state index is 10.2. The average molecular weight is 458 g/mol. The van der Waals surface area contributed by atoms with Crippen LogP contribution in [0.2, 0.25) is 0 Å². The van der Waals surface area contributed by atoms with Gasteiger partial charge in [0.2, 0.25) is 5.31 Å². The van der Waals surface area contributed by atoms with Crippen molar-refractivity contribution >= 4 is 23.2 Å². The molecular formula is C23H23ClN2O4P+. The first-order chi connectivity index (χ1) is 14.7. The number of benzene rings is 3. The predicted molar refractivity (Wildman–Crippen MR) is 115 cm³/mol. The molecule has 31 heavy (non-hydrogen) atoms. The Morgan fingerprint density at radius 1 is 0.806 bits per heavy atom. The van der Waals surface area contributed by atoms with E-state index in [9.17, 15) is 5.26 Å². The first-order valence-corrected chi connectivity index (χ1v) is 12.2. The smallest absolute Gasteiger partial charge is 0.201 e. The van der Waals surface area contributed by atoms with Gasteiger partial charge in [0.1, 0.15) is 22.0 Å². The molecule has 0 fully saturated rings. The molecule has 3 aromatic carbocycles. The molecule has 8 heteroatoms. The van der Waals surface area contributed by atoms with Crippen molar-refractivity contribution in [1.29, 1.82) is 5.26 Å². The molecule has 0 atom stereocenters. The summed E-state index contributed by atoms with van der Waals surface area (Å²) in [6, 6.07) is 33.8. The zero-order chi connectivity index (χ0) is 22.9. The fraction of sp³-hybridized carbons (Fsp3) is 0.0870. The molecule has 0 aliphatic carbocycles. The van der Waals surface area contributed by atoms with Crippen molar-refractivity contribution < 1.29 is 28.9 Å². The largest absolute Gasteiger partial charge is 0.380 e.